The molecule has 0 saturated heterocycles. The summed E-state index contributed by atoms with van der Waals surface area (Å²) < 4.78 is 5.26. The number of ether oxygens (including phenoxy) is 1. The molecule has 0 amide bonds. The molecule has 0 radical (unpaired) electrons. The molecule has 0 fully saturated rings. The molecule has 3 heteroatoms. The van der Waals surface area contributed by atoms with E-state index in [0.717, 1.165) is 11.4 Å². The van der Waals surface area contributed by atoms with Crippen LogP contribution in [0.2, 0.25) is 0 Å². The Morgan fingerprint density at radius 2 is 1.83 bits per heavy atom. The maximum Gasteiger partial charge on any atom is 0.333 e. The fourth-order valence-corrected chi connectivity index (χ4v) is 2.46. The topological polar surface area (TPSA) is 29.5 Å². The van der Waals surface area contributed by atoms with Crippen LogP contribution in [-0.4, -0.2) is 19.1 Å². The lowest BCUT2D eigenvalue weighted by Crippen LogP contribution is -2.24. The molecule has 23 heavy (non-hydrogen) atoms. The standard InChI is InChI=1S/C20H23NO2/c1-15(2)20(22)23-13-12-21(18-8-6-5-7-9-18)19-11-10-16(3)14-17(19)4/h5-11,14H,1,12-13H2,2-4H3. The summed E-state index contributed by atoms with van der Waals surface area (Å²) in [5, 5.41) is 0. The van der Waals surface area contributed by atoms with Gasteiger partial charge in [0.1, 0.15) is 6.61 Å². The molecule has 0 aliphatic carbocycles. The van der Waals surface area contributed by atoms with E-state index in [2.05, 4.69) is 55.7 Å². The molecular formula is C20H23NO2. The van der Waals surface area contributed by atoms with E-state index in [1.165, 1.54) is 11.1 Å². The predicted molar refractivity (Wildman–Crippen MR) is 95.1 cm³/mol. The maximum atomic E-state index is 11.6. The highest BCUT2D eigenvalue weighted by molar-refractivity contribution is 5.86. The molecule has 120 valence electrons. The number of anilines is 2. The lowest BCUT2D eigenvalue weighted by atomic mass is 10.1. The smallest absolute Gasteiger partial charge is 0.333 e. The van der Waals surface area contributed by atoms with E-state index in [1.54, 1.807) is 6.92 Å². The van der Waals surface area contributed by atoms with Gasteiger partial charge < -0.3 is 9.64 Å². The van der Waals surface area contributed by atoms with Crippen molar-refractivity contribution < 1.29 is 9.53 Å². The molecule has 0 heterocycles. The summed E-state index contributed by atoms with van der Waals surface area (Å²) in [6, 6.07) is 16.5. The van der Waals surface area contributed by atoms with Gasteiger partial charge >= 0.3 is 5.97 Å². The zero-order chi connectivity index (χ0) is 16.8. The molecule has 0 spiro atoms. The summed E-state index contributed by atoms with van der Waals surface area (Å²) >= 11 is 0. The maximum absolute atomic E-state index is 11.6. The minimum absolute atomic E-state index is 0.313. The monoisotopic (exact) mass is 309 g/mol. The third-order valence-corrected chi connectivity index (χ3v) is 3.61. The zero-order valence-corrected chi connectivity index (χ0v) is 14.0. The van der Waals surface area contributed by atoms with E-state index >= 15 is 0 Å². The highest BCUT2D eigenvalue weighted by atomic mass is 16.5. The van der Waals surface area contributed by atoms with Gasteiger partial charge in [0.05, 0.1) is 6.54 Å². The Morgan fingerprint density at radius 3 is 2.43 bits per heavy atom. The van der Waals surface area contributed by atoms with Crippen LogP contribution in [0.4, 0.5) is 11.4 Å². The Labute approximate surface area is 138 Å². The molecule has 0 atom stereocenters. The minimum atomic E-state index is -0.348. The van der Waals surface area contributed by atoms with Gasteiger partial charge in [-0.1, -0.05) is 42.5 Å². The van der Waals surface area contributed by atoms with Crippen LogP contribution < -0.4 is 4.90 Å². The van der Waals surface area contributed by atoms with E-state index in [4.69, 9.17) is 4.74 Å². The van der Waals surface area contributed by atoms with Crippen molar-refractivity contribution in [2.24, 2.45) is 0 Å². The molecule has 0 aromatic heterocycles. The Hall–Kier alpha value is -2.55. The Morgan fingerprint density at radius 1 is 1.13 bits per heavy atom. The summed E-state index contributed by atoms with van der Waals surface area (Å²) in [7, 11) is 0. The Kier molecular flexibility index (Phi) is 5.58. The number of carbonyl (C=O) groups is 1. The van der Waals surface area contributed by atoms with Crippen molar-refractivity contribution in [2.75, 3.05) is 18.1 Å². The molecule has 2 rings (SSSR count). The van der Waals surface area contributed by atoms with Crippen LogP contribution in [0.15, 0.2) is 60.7 Å². The van der Waals surface area contributed by atoms with E-state index in [1.807, 2.05) is 18.2 Å². The number of benzene rings is 2. The summed E-state index contributed by atoms with van der Waals surface area (Å²) in [5.74, 6) is -0.348. The Balaban J connectivity index is 2.22. The van der Waals surface area contributed by atoms with Crippen LogP contribution in [0.25, 0.3) is 0 Å². The van der Waals surface area contributed by atoms with Gasteiger partial charge in [0.15, 0.2) is 0 Å². The summed E-state index contributed by atoms with van der Waals surface area (Å²) in [6.45, 7) is 10.3. The molecule has 0 N–H and O–H groups in total. The number of para-hydroxylation sites is 1. The van der Waals surface area contributed by atoms with Gasteiger partial charge in [-0.05, 0) is 44.5 Å². The quantitative estimate of drug-likeness (QED) is 0.578. The second-order valence-electron chi connectivity index (χ2n) is 5.69. The number of rotatable bonds is 6. The van der Waals surface area contributed by atoms with Crippen molar-refractivity contribution in [1.82, 2.24) is 0 Å². The minimum Gasteiger partial charge on any atom is -0.460 e. The van der Waals surface area contributed by atoms with Crippen molar-refractivity contribution in [1.29, 1.82) is 0 Å². The third-order valence-electron chi connectivity index (χ3n) is 3.61. The first-order valence-corrected chi connectivity index (χ1v) is 7.71. The highest BCUT2D eigenvalue weighted by Gasteiger charge is 2.13. The van der Waals surface area contributed by atoms with Crippen molar-refractivity contribution in [2.45, 2.75) is 20.8 Å². The van der Waals surface area contributed by atoms with E-state index < -0.39 is 0 Å². The zero-order valence-electron chi connectivity index (χ0n) is 14.0. The van der Waals surface area contributed by atoms with E-state index in [0.29, 0.717) is 18.7 Å². The lowest BCUT2D eigenvalue weighted by Gasteiger charge is -2.26. The number of hydrogen-bond acceptors (Lipinski definition) is 3. The van der Waals surface area contributed by atoms with Crippen LogP contribution in [0.5, 0.6) is 0 Å². The van der Waals surface area contributed by atoms with Crippen LogP contribution in [-0.2, 0) is 9.53 Å². The second kappa shape index (κ2) is 7.63. The molecule has 0 aliphatic heterocycles. The van der Waals surface area contributed by atoms with Gasteiger partial charge in [-0.2, -0.15) is 0 Å². The Bertz CT molecular complexity index is 692. The molecule has 0 bridgehead atoms. The molecule has 2 aromatic rings. The normalized spacial score (nSPS) is 10.2. The second-order valence-corrected chi connectivity index (χ2v) is 5.69. The first kappa shape index (κ1) is 16.8. The first-order chi connectivity index (χ1) is 11.0. The van der Waals surface area contributed by atoms with Crippen molar-refractivity contribution >= 4 is 17.3 Å². The number of aryl methyl sites for hydroxylation is 2. The molecule has 2 aromatic carbocycles. The number of nitrogens with zero attached hydrogens (tertiary/aromatic N) is 1. The molecule has 0 saturated carbocycles. The lowest BCUT2D eigenvalue weighted by molar-refractivity contribution is -0.138. The van der Waals surface area contributed by atoms with Gasteiger partial charge in [-0.3, -0.25) is 0 Å². The van der Waals surface area contributed by atoms with Crippen LogP contribution in [0, 0.1) is 13.8 Å². The van der Waals surface area contributed by atoms with Crippen LogP contribution in [0.1, 0.15) is 18.1 Å². The molecular weight excluding hydrogens is 286 g/mol. The number of hydrogen-bond donors (Lipinski definition) is 0. The van der Waals surface area contributed by atoms with Crippen molar-refractivity contribution in [3.8, 4) is 0 Å². The van der Waals surface area contributed by atoms with Gasteiger partial charge in [-0.25, -0.2) is 4.79 Å². The fraction of sp³-hybridized carbons (Fsp3) is 0.250. The van der Waals surface area contributed by atoms with Gasteiger partial charge in [0.25, 0.3) is 0 Å². The highest BCUT2D eigenvalue weighted by Crippen LogP contribution is 2.28. The largest absolute Gasteiger partial charge is 0.460 e. The van der Waals surface area contributed by atoms with Crippen LogP contribution in [0.3, 0.4) is 0 Å². The average molecular weight is 309 g/mol. The van der Waals surface area contributed by atoms with Crippen molar-refractivity contribution in [3.05, 3.63) is 71.8 Å². The molecule has 0 aliphatic rings. The van der Waals surface area contributed by atoms with Gasteiger partial charge in [0, 0.05) is 16.9 Å². The van der Waals surface area contributed by atoms with Gasteiger partial charge in [-0.15, -0.1) is 0 Å². The molecule has 3 nitrogen and oxygen atoms in total. The first-order valence-electron chi connectivity index (χ1n) is 7.71. The van der Waals surface area contributed by atoms with E-state index in [-0.39, 0.29) is 5.97 Å². The SMILES string of the molecule is C=C(C)C(=O)OCCN(c1ccccc1)c1ccc(C)cc1C. The summed E-state index contributed by atoms with van der Waals surface area (Å²) in [4.78, 5) is 13.7. The third kappa shape index (κ3) is 4.46. The van der Waals surface area contributed by atoms with Gasteiger partial charge in [0.2, 0.25) is 0 Å². The number of esters is 1. The summed E-state index contributed by atoms with van der Waals surface area (Å²) in [6.07, 6.45) is 0. The fourth-order valence-electron chi connectivity index (χ4n) is 2.46. The van der Waals surface area contributed by atoms with Crippen LogP contribution >= 0.6 is 0 Å². The van der Waals surface area contributed by atoms with Crippen molar-refractivity contribution in [3.63, 3.8) is 0 Å². The average Bonchev–Trinajstić information content (AvgIpc) is 2.53. The predicted octanol–water partition coefficient (Wildman–Crippen LogP) is 4.56. The number of carbonyl (C=O) groups excluding carboxylic acids is 1. The summed E-state index contributed by atoms with van der Waals surface area (Å²) in [5.41, 5.74) is 5.04. The van der Waals surface area contributed by atoms with E-state index in [9.17, 15) is 4.79 Å². The molecule has 0 unspecified atom stereocenters.